The molecule has 0 spiro atoms. The fraction of sp³-hybridized carbons (Fsp3) is 0.458. The number of fused-ring (bicyclic) bond motifs is 1. The van der Waals surface area contributed by atoms with Crippen LogP contribution in [-0.4, -0.2) is 50.5 Å². The maximum Gasteiger partial charge on any atom is 0.253 e. The van der Waals surface area contributed by atoms with E-state index in [0.717, 1.165) is 36.8 Å². The van der Waals surface area contributed by atoms with Crippen molar-refractivity contribution in [2.75, 3.05) is 19.6 Å². The second kappa shape index (κ2) is 8.60. The van der Waals surface area contributed by atoms with Gasteiger partial charge >= 0.3 is 0 Å². The molecule has 6 nitrogen and oxygen atoms in total. The smallest absolute Gasteiger partial charge is 0.253 e. The van der Waals surface area contributed by atoms with Crippen molar-refractivity contribution in [3.05, 3.63) is 53.6 Å². The molecule has 2 aliphatic rings. The van der Waals surface area contributed by atoms with Crippen molar-refractivity contribution >= 4 is 28.4 Å². The number of halogens is 1. The summed E-state index contributed by atoms with van der Waals surface area (Å²) in [6.45, 7) is 2.98. The van der Waals surface area contributed by atoms with E-state index in [1.165, 1.54) is 32.1 Å². The first-order valence-electron chi connectivity index (χ1n) is 11.3. The lowest BCUT2D eigenvalue weighted by Gasteiger charge is -2.45. The zero-order valence-corrected chi connectivity index (χ0v) is 18.4. The summed E-state index contributed by atoms with van der Waals surface area (Å²) in [5, 5.41) is 4.60. The van der Waals surface area contributed by atoms with Crippen molar-refractivity contribution in [3.8, 4) is 5.82 Å². The Balaban J connectivity index is 1.46. The van der Waals surface area contributed by atoms with Crippen LogP contribution < -0.4 is 5.32 Å². The Morgan fingerprint density at radius 2 is 1.90 bits per heavy atom. The number of hydrogen-bond donors (Lipinski definition) is 1. The third-order valence-corrected chi connectivity index (χ3v) is 7.27. The number of carbonyl (C=O) groups excluding carboxylic acids is 1. The van der Waals surface area contributed by atoms with Crippen LogP contribution in [0.15, 0.2) is 43.0 Å². The summed E-state index contributed by atoms with van der Waals surface area (Å²) >= 11 is 6.55. The normalized spacial score (nSPS) is 19.0. The van der Waals surface area contributed by atoms with Gasteiger partial charge in [-0.25, -0.2) is 4.98 Å². The molecule has 31 heavy (non-hydrogen) atoms. The van der Waals surface area contributed by atoms with Gasteiger partial charge in [-0.1, -0.05) is 36.9 Å². The van der Waals surface area contributed by atoms with E-state index in [2.05, 4.69) is 20.2 Å². The average Bonchev–Trinajstić information content (AvgIpc) is 3.48. The SMILES string of the molecule is O=C(NCC1(N2CCCC2)CCCCC1)c1cn(-c2cnccn2)c2cccc(Cl)c12. The van der Waals surface area contributed by atoms with E-state index < -0.39 is 0 Å². The molecule has 3 aromatic rings. The molecule has 1 aromatic carbocycles. The Morgan fingerprint density at radius 1 is 1.10 bits per heavy atom. The van der Waals surface area contributed by atoms with Crippen LogP contribution in [0, 0.1) is 0 Å². The second-order valence-electron chi connectivity index (χ2n) is 8.77. The standard InChI is InChI=1S/C24H28ClN5O/c25-19-7-6-8-20-22(19)18(16-30(20)21-15-26-11-12-27-21)23(31)28-17-24(9-2-1-3-10-24)29-13-4-5-14-29/h6-8,11-12,15-16H,1-5,9-10,13-14,17H2,(H,28,31). The first-order chi connectivity index (χ1) is 15.2. The number of benzene rings is 1. The summed E-state index contributed by atoms with van der Waals surface area (Å²) in [6.07, 6.45) is 15.4. The van der Waals surface area contributed by atoms with Crippen molar-refractivity contribution < 1.29 is 4.79 Å². The molecule has 1 aliphatic heterocycles. The Labute approximate surface area is 187 Å². The summed E-state index contributed by atoms with van der Waals surface area (Å²) in [6, 6.07) is 5.68. The fourth-order valence-corrected chi connectivity index (χ4v) is 5.64. The van der Waals surface area contributed by atoms with Gasteiger partial charge in [0.1, 0.15) is 0 Å². The number of nitrogens with zero attached hydrogens (tertiary/aromatic N) is 4. The highest BCUT2D eigenvalue weighted by atomic mass is 35.5. The largest absolute Gasteiger partial charge is 0.350 e. The monoisotopic (exact) mass is 437 g/mol. The average molecular weight is 438 g/mol. The highest BCUT2D eigenvalue weighted by molar-refractivity contribution is 6.37. The van der Waals surface area contributed by atoms with E-state index in [1.54, 1.807) is 18.6 Å². The molecule has 1 N–H and O–H groups in total. The van der Waals surface area contributed by atoms with Crippen molar-refractivity contribution in [1.29, 1.82) is 0 Å². The Morgan fingerprint density at radius 3 is 2.65 bits per heavy atom. The predicted octanol–water partition coefficient (Wildman–Crippen LogP) is 4.60. The summed E-state index contributed by atoms with van der Waals surface area (Å²) < 4.78 is 1.89. The van der Waals surface area contributed by atoms with E-state index in [4.69, 9.17) is 11.6 Å². The fourth-order valence-electron chi connectivity index (χ4n) is 5.37. The van der Waals surface area contributed by atoms with Gasteiger partial charge in [-0.15, -0.1) is 0 Å². The molecule has 2 fully saturated rings. The summed E-state index contributed by atoms with van der Waals surface area (Å²) in [5.41, 5.74) is 1.53. The lowest BCUT2D eigenvalue weighted by molar-refractivity contribution is 0.0653. The zero-order valence-electron chi connectivity index (χ0n) is 17.7. The molecule has 1 saturated carbocycles. The molecular weight excluding hydrogens is 410 g/mol. The van der Waals surface area contributed by atoms with Gasteiger partial charge in [0.05, 0.1) is 22.3 Å². The first kappa shape index (κ1) is 20.5. The van der Waals surface area contributed by atoms with Crippen LogP contribution in [0.4, 0.5) is 0 Å². The number of hydrogen-bond acceptors (Lipinski definition) is 4. The Hall–Kier alpha value is -2.44. The number of amides is 1. The molecule has 7 heteroatoms. The van der Waals surface area contributed by atoms with Gasteiger partial charge in [0.2, 0.25) is 0 Å². The number of carbonyl (C=O) groups is 1. The van der Waals surface area contributed by atoms with Crippen LogP contribution in [0.3, 0.4) is 0 Å². The Bertz CT molecular complexity index is 1070. The molecule has 162 valence electrons. The van der Waals surface area contributed by atoms with Crippen LogP contribution in [0.2, 0.25) is 5.02 Å². The van der Waals surface area contributed by atoms with Crippen molar-refractivity contribution in [2.24, 2.45) is 0 Å². The van der Waals surface area contributed by atoms with Gasteiger partial charge in [0, 0.05) is 36.1 Å². The minimum Gasteiger partial charge on any atom is -0.350 e. The third-order valence-electron chi connectivity index (χ3n) is 6.96. The molecule has 5 rings (SSSR count). The summed E-state index contributed by atoms with van der Waals surface area (Å²) in [4.78, 5) is 24.6. The second-order valence-corrected chi connectivity index (χ2v) is 9.18. The first-order valence-corrected chi connectivity index (χ1v) is 11.6. The quantitative estimate of drug-likeness (QED) is 0.633. The maximum absolute atomic E-state index is 13.4. The maximum atomic E-state index is 13.4. The lowest BCUT2D eigenvalue weighted by atomic mass is 9.80. The third kappa shape index (κ3) is 3.83. The van der Waals surface area contributed by atoms with Crippen LogP contribution in [0.25, 0.3) is 16.7 Å². The van der Waals surface area contributed by atoms with Crippen LogP contribution in [0.5, 0.6) is 0 Å². The van der Waals surface area contributed by atoms with Crippen molar-refractivity contribution in [1.82, 2.24) is 24.8 Å². The molecule has 0 radical (unpaired) electrons. The van der Waals surface area contributed by atoms with Gasteiger partial charge in [0.15, 0.2) is 5.82 Å². The highest BCUT2D eigenvalue weighted by Gasteiger charge is 2.39. The van der Waals surface area contributed by atoms with E-state index in [1.807, 2.05) is 29.0 Å². The molecule has 2 aromatic heterocycles. The number of aromatic nitrogens is 3. The van der Waals surface area contributed by atoms with Gasteiger partial charge in [-0.05, 0) is 50.9 Å². The number of rotatable bonds is 5. The van der Waals surface area contributed by atoms with Crippen molar-refractivity contribution in [2.45, 2.75) is 50.5 Å². The van der Waals surface area contributed by atoms with Crippen molar-refractivity contribution in [3.63, 3.8) is 0 Å². The van der Waals surface area contributed by atoms with Crippen LogP contribution in [-0.2, 0) is 0 Å². The number of likely N-dealkylation sites (tertiary alicyclic amines) is 1. The highest BCUT2D eigenvalue weighted by Crippen LogP contribution is 2.36. The molecular formula is C24H28ClN5O. The Kier molecular flexibility index (Phi) is 5.67. The molecule has 0 bridgehead atoms. The molecule has 0 atom stereocenters. The topological polar surface area (TPSA) is 63.1 Å². The zero-order chi connectivity index (χ0) is 21.3. The van der Waals surface area contributed by atoms with Gasteiger partial charge in [-0.3, -0.25) is 19.2 Å². The molecule has 1 saturated heterocycles. The molecule has 1 amide bonds. The number of nitrogens with one attached hydrogen (secondary N) is 1. The van der Waals surface area contributed by atoms with E-state index in [9.17, 15) is 4.79 Å². The van der Waals surface area contributed by atoms with E-state index >= 15 is 0 Å². The predicted molar refractivity (Wildman–Crippen MR) is 123 cm³/mol. The minimum absolute atomic E-state index is 0.0788. The van der Waals surface area contributed by atoms with E-state index in [0.29, 0.717) is 22.9 Å². The minimum atomic E-state index is -0.0788. The van der Waals surface area contributed by atoms with E-state index in [-0.39, 0.29) is 11.4 Å². The van der Waals surface area contributed by atoms with Crippen LogP contribution in [0.1, 0.15) is 55.3 Å². The lowest BCUT2D eigenvalue weighted by Crippen LogP contribution is -2.55. The van der Waals surface area contributed by atoms with Gasteiger partial charge < -0.3 is 5.32 Å². The summed E-state index contributed by atoms with van der Waals surface area (Å²) in [7, 11) is 0. The summed E-state index contributed by atoms with van der Waals surface area (Å²) in [5.74, 6) is 0.583. The van der Waals surface area contributed by atoms with Gasteiger partial charge in [0.25, 0.3) is 5.91 Å². The van der Waals surface area contributed by atoms with Gasteiger partial charge in [-0.2, -0.15) is 0 Å². The molecule has 0 unspecified atom stereocenters. The molecule has 1 aliphatic carbocycles. The van der Waals surface area contributed by atoms with Crippen LogP contribution >= 0.6 is 11.6 Å². The molecule has 3 heterocycles.